The second-order valence-electron chi connectivity index (χ2n) is 9.79. The molecular formula is C32H36FN3O7. The van der Waals surface area contributed by atoms with E-state index in [-0.39, 0.29) is 24.2 Å². The quantitative estimate of drug-likeness (QED) is 0.0822. The molecule has 0 heterocycles. The smallest absolute Gasteiger partial charge is 0.266 e. The zero-order chi connectivity index (χ0) is 31.4. The van der Waals surface area contributed by atoms with Gasteiger partial charge in [0.2, 0.25) is 5.91 Å². The molecule has 0 fully saturated rings. The van der Waals surface area contributed by atoms with Crippen LogP contribution in [0.3, 0.4) is 0 Å². The van der Waals surface area contributed by atoms with E-state index in [0.717, 1.165) is 6.42 Å². The number of unbranched alkanes of at least 4 members (excludes halogenated alkanes) is 1. The summed E-state index contributed by atoms with van der Waals surface area (Å²) in [7, 11) is 3.00. The van der Waals surface area contributed by atoms with Gasteiger partial charge in [-0.25, -0.2) is 9.87 Å². The van der Waals surface area contributed by atoms with Gasteiger partial charge in [-0.2, -0.15) is 0 Å². The van der Waals surface area contributed by atoms with Gasteiger partial charge in [-0.3, -0.25) is 19.6 Å². The highest BCUT2D eigenvalue weighted by molar-refractivity contribution is 6.24. The maximum Gasteiger partial charge on any atom is 0.266 e. The first-order chi connectivity index (χ1) is 20.7. The number of aromatic hydroxyl groups is 1. The molecule has 0 aliphatic rings. The highest BCUT2D eigenvalue weighted by Crippen LogP contribution is 2.27. The number of phenolic OH excluding ortho intramolecular Hbond substituents is 1. The van der Waals surface area contributed by atoms with Crippen LogP contribution in [0.25, 0.3) is 11.6 Å². The lowest BCUT2D eigenvalue weighted by Gasteiger charge is -2.23. The number of hydrogen-bond donors (Lipinski definition) is 5. The van der Waals surface area contributed by atoms with Crippen LogP contribution in [-0.2, 0) is 20.8 Å². The third-order valence-electron chi connectivity index (χ3n) is 6.67. The number of rotatable bonds is 14. The molecule has 43 heavy (non-hydrogen) atoms. The average molecular weight is 594 g/mol. The highest BCUT2D eigenvalue weighted by atomic mass is 19.1. The van der Waals surface area contributed by atoms with Gasteiger partial charge in [-0.05, 0) is 65.6 Å². The first kappa shape index (κ1) is 32.6. The summed E-state index contributed by atoms with van der Waals surface area (Å²) in [6.45, 7) is 1.93. The zero-order valence-corrected chi connectivity index (χ0v) is 24.2. The van der Waals surface area contributed by atoms with E-state index < -0.39 is 35.6 Å². The Kier molecular flexibility index (Phi) is 12.1. The maximum absolute atomic E-state index is 13.8. The van der Waals surface area contributed by atoms with Crippen LogP contribution < -0.4 is 25.6 Å². The largest absolute Gasteiger partial charge is 0.508 e. The van der Waals surface area contributed by atoms with E-state index in [1.165, 1.54) is 50.6 Å². The number of amides is 3. The van der Waals surface area contributed by atoms with Crippen molar-refractivity contribution in [2.24, 2.45) is 0 Å². The van der Waals surface area contributed by atoms with Crippen molar-refractivity contribution < 1.29 is 38.6 Å². The van der Waals surface area contributed by atoms with E-state index in [1.54, 1.807) is 41.9 Å². The Hall–Kier alpha value is -4.90. The van der Waals surface area contributed by atoms with Gasteiger partial charge in [0.1, 0.15) is 35.1 Å². The standard InChI is InChI=1S/C32H36FN3O7/c1-4-5-6-28(31(39)35-29(32(40)36-41)18-20-7-13-24(37)14-8-20)34-30(38)27(22-9-11-23(33)12-10-22)17-21-15-25(42-2)19-26(16-21)43-3/h7-17,19,28-29,37,41H,4-6,18H2,1-3H3,(H,34,38)(H,35,39)(H,36,40)/b27-17-. The fourth-order valence-electron chi connectivity index (χ4n) is 4.33. The van der Waals surface area contributed by atoms with E-state index >= 15 is 0 Å². The molecule has 0 aliphatic carbocycles. The van der Waals surface area contributed by atoms with Crippen LogP contribution >= 0.6 is 0 Å². The molecule has 3 aromatic carbocycles. The van der Waals surface area contributed by atoms with Gasteiger partial charge in [0.15, 0.2) is 0 Å². The third kappa shape index (κ3) is 9.57. The van der Waals surface area contributed by atoms with Crippen molar-refractivity contribution in [1.82, 2.24) is 16.1 Å². The molecule has 0 radical (unpaired) electrons. The van der Waals surface area contributed by atoms with Crippen molar-refractivity contribution in [1.29, 1.82) is 0 Å². The first-order valence-electron chi connectivity index (χ1n) is 13.7. The van der Waals surface area contributed by atoms with Gasteiger partial charge in [-0.15, -0.1) is 0 Å². The summed E-state index contributed by atoms with van der Waals surface area (Å²) in [5, 5.41) is 24.2. The van der Waals surface area contributed by atoms with Gasteiger partial charge in [0, 0.05) is 18.1 Å². The third-order valence-corrected chi connectivity index (χ3v) is 6.67. The minimum absolute atomic E-state index is 0.0191. The fraction of sp³-hybridized carbons (Fsp3) is 0.281. The van der Waals surface area contributed by atoms with Crippen LogP contribution in [0.4, 0.5) is 4.39 Å². The molecule has 11 heteroatoms. The summed E-state index contributed by atoms with van der Waals surface area (Å²) >= 11 is 0. The van der Waals surface area contributed by atoms with Crippen LogP contribution in [0, 0.1) is 5.82 Å². The number of hydroxylamine groups is 1. The number of ether oxygens (including phenoxy) is 2. The second kappa shape index (κ2) is 15.9. The van der Waals surface area contributed by atoms with Crippen molar-refractivity contribution in [2.75, 3.05) is 14.2 Å². The average Bonchev–Trinajstić information content (AvgIpc) is 3.02. The molecule has 0 saturated heterocycles. The van der Waals surface area contributed by atoms with Gasteiger partial charge in [0.25, 0.3) is 11.8 Å². The van der Waals surface area contributed by atoms with Gasteiger partial charge >= 0.3 is 0 Å². The number of carbonyl (C=O) groups is 3. The Labute approximate surface area is 249 Å². The Morgan fingerprint density at radius 3 is 2.07 bits per heavy atom. The molecule has 3 aromatic rings. The van der Waals surface area contributed by atoms with Crippen molar-refractivity contribution in [2.45, 2.75) is 44.7 Å². The number of nitrogens with one attached hydrogen (secondary N) is 3. The zero-order valence-electron chi connectivity index (χ0n) is 24.2. The van der Waals surface area contributed by atoms with E-state index in [2.05, 4.69) is 10.6 Å². The molecule has 0 bridgehead atoms. The minimum atomic E-state index is -1.17. The molecule has 5 N–H and O–H groups in total. The summed E-state index contributed by atoms with van der Waals surface area (Å²) in [4.78, 5) is 39.7. The molecule has 0 aromatic heterocycles. The summed E-state index contributed by atoms with van der Waals surface area (Å²) < 4.78 is 24.4. The topological polar surface area (TPSA) is 146 Å². The first-order valence-corrected chi connectivity index (χ1v) is 13.7. The summed E-state index contributed by atoms with van der Waals surface area (Å²) in [6.07, 6.45) is 3.19. The number of phenols is 1. The van der Waals surface area contributed by atoms with Crippen molar-refractivity contribution in [3.05, 3.63) is 89.2 Å². The minimum Gasteiger partial charge on any atom is -0.508 e. The monoisotopic (exact) mass is 593 g/mol. The lowest BCUT2D eigenvalue weighted by Crippen LogP contribution is -2.54. The predicted octanol–water partition coefficient (Wildman–Crippen LogP) is 4.00. The molecule has 2 unspecified atom stereocenters. The predicted molar refractivity (Wildman–Crippen MR) is 159 cm³/mol. The van der Waals surface area contributed by atoms with Crippen molar-refractivity contribution in [3.63, 3.8) is 0 Å². The molecule has 0 saturated carbocycles. The second-order valence-corrected chi connectivity index (χ2v) is 9.79. The van der Waals surface area contributed by atoms with E-state index in [9.17, 15) is 29.1 Å². The molecule has 0 aliphatic heterocycles. The maximum atomic E-state index is 13.8. The number of hydrogen-bond acceptors (Lipinski definition) is 7. The number of benzene rings is 3. The molecule has 3 rings (SSSR count). The molecular weight excluding hydrogens is 557 g/mol. The molecule has 228 valence electrons. The summed E-state index contributed by atoms with van der Waals surface area (Å²) in [5.41, 5.74) is 3.30. The molecule has 10 nitrogen and oxygen atoms in total. The lowest BCUT2D eigenvalue weighted by molar-refractivity contribution is -0.135. The Balaban J connectivity index is 1.93. The van der Waals surface area contributed by atoms with Crippen LogP contribution in [0.15, 0.2) is 66.7 Å². The van der Waals surface area contributed by atoms with E-state index in [1.807, 2.05) is 6.92 Å². The molecule has 2 atom stereocenters. The summed E-state index contributed by atoms with van der Waals surface area (Å²) in [6, 6.07) is 14.3. The number of carbonyl (C=O) groups excluding carboxylic acids is 3. The van der Waals surface area contributed by atoms with E-state index in [4.69, 9.17) is 9.47 Å². The highest BCUT2D eigenvalue weighted by Gasteiger charge is 2.28. The van der Waals surface area contributed by atoms with Crippen LogP contribution in [0.5, 0.6) is 17.2 Å². The Bertz CT molecular complexity index is 1400. The fourth-order valence-corrected chi connectivity index (χ4v) is 4.33. The van der Waals surface area contributed by atoms with Gasteiger partial charge in [-0.1, -0.05) is 44.0 Å². The Morgan fingerprint density at radius 2 is 1.51 bits per heavy atom. The molecule has 3 amide bonds. The van der Waals surface area contributed by atoms with Crippen LogP contribution in [0.2, 0.25) is 0 Å². The van der Waals surface area contributed by atoms with E-state index in [0.29, 0.717) is 34.6 Å². The molecule has 0 spiro atoms. The van der Waals surface area contributed by atoms with Gasteiger partial charge < -0.3 is 25.2 Å². The summed E-state index contributed by atoms with van der Waals surface area (Å²) in [5.74, 6) is -1.54. The van der Waals surface area contributed by atoms with Crippen molar-refractivity contribution in [3.8, 4) is 17.2 Å². The lowest BCUT2D eigenvalue weighted by atomic mass is 10.00. The van der Waals surface area contributed by atoms with Gasteiger partial charge in [0.05, 0.1) is 14.2 Å². The van der Waals surface area contributed by atoms with Crippen LogP contribution in [-0.4, -0.2) is 54.3 Å². The SMILES string of the molecule is CCCCC(NC(=O)/C(=C\c1cc(OC)cc(OC)c1)c1ccc(F)cc1)C(=O)NC(Cc1ccc(O)cc1)C(=O)NO. The Morgan fingerprint density at radius 1 is 0.884 bits per heavy atom. The van der Waals surface area contributed by atoms with Crippen LogP contribution in [0.1, 0.15) is 42.9 Å². The normalized spacial score (nSPS) is 12.5. The number of methoxy groups -OCH3 is 2. The number of halogens is 1. The van der Waals surface area contributed by atoms with Crippen molar-refractivity contribution >= 4 is 29.4 Å².